The Labute approximate surface area is 187 Å². The standard InChI is InChI=1S/C14H20O.C13H18O3/c1-7-8-13-11(4)9(2)10(3)12(5)14(13)15-6;1-7-8(2)10(4)13(16-5)11(9(7)3)6-12(14)15/h7H,1,8H2,2-6H3;6H2,1-5H3,(H,14,15). The summed E-state index contributed by atoms with van der Waals surface area (Å²) < 4.78 is 10.8. The maximum Gasteiger partial charge on any atom is 0.307 e. The molecule has 0 saturated heterocycles. The number of benzene rings is 2. The Hall–Kier alpha value is -2.75. The lowest BCUT2D eigenvalue weighted by atomic mass is 9.92. The molecule has 0 bridgehead atoms. The molecule has 0 aliphatic carbocycles. The molecule has 170 valence electrons. The molecule has 0 heterocycles. The van der Waals surface area contributed by atoms with E-state index in [1.807, 2.05) is 33.8 Å². The van der Waals surface area contributed by atoms with Crippen molar-refractivity contribution in [3.8, 4) is 11.5 Å². The Bertz CT molecular complexity index is 984. The molecule has 2 aromatic carbocycles. The van der Waals surface area contributed by atoms with Crippen LogP contribution in [0, 0.1) is 55.4 Å². The minimum Gasteiger partial charge on any atom is -0.496 e. The van der Waals surface area contributed by atoms with Crippen LogP contribution in [0.25, 0.3) is 0 Å². The predicted molar refractivity (Wildman–Crippen MR) is 129 cm³/mol. The van der Waals surface area contributed by atoms with E-state index in [-0.39, 0.29) is 6.42 Å². The Morgan fingerprint density at radius 2 is 1.06 bits per heavy atom. The van der Waals surface area contributed by atoms with Gasteiger partial charge in [0.2, 0.25) is 0 Å². The molecular weight excluding hydrogens is 388 g/mol. The van der Waals surface area contributed by atoms with Gasteiger partial charge in [0, 0.05) is 11.1 Å². The van der Waals surface area contributed by atoms with E-state index in [0.717, 1.165) is 34.4 Å². The second kappa shape index (κ2) is 11.0. The first-order valence-corrected chi connectivity index (χ1v) is 10.5. The number of methoxy groups -OCH3 is 2. The quantitative estimate of drug-likeness (QED) is 0.558. The van der Waals surface area contributed by atoms with E-state index in [1.54, 1.807) is 14.2 Å². The van der Waals surface area contributed by atoms with Gasteiger partial charge in [-0.25, -0.2) is 0 Å². The van der Waals surface area contributed by atoms with Gasteiger partial charge in [0.15, 0.2) is 0 Å². The van der Waals surface area contributed by atoms with Gasteiger partial charge in [-0.3, -0.25) is 4.79 Å². The summed E-state index contributed by atoms with van der Waals surface area (Å²) in [6, 6.07) is 0. The summed E-state index contributed by atoms with van der Waals surface area (Å²) in [5.74, 6) is 0.905. The summed E-state index contributed by atoms with van der Waals surface area (Å²) in [6.45, 7) is 20.4. The number of aliphatic carboxylic acids is 1. The second-order valence-corrected chi connectivity index (χ2v) is 8.09. The van der Waals surface area contributed by atoms with Crippen molar-refractivity contribution >= 4 is 5.97 Å². The summed E-state index contributed by atoms with van der Waals surface area (Å²) >= 11 is 0. The fourth-order valence-corrected chi connectivity index (χ4v) is 4.02. The number of hydrogen-bond acceptors (Lipinski definition) is 3. The van der Waals surface area contributed by atoms with Gasteiger partial charge in [-0.15, -0.1) is 6.58 Å². The van der Waals surface area contributed by atoms with Gasteiger partial charge in [0.1, 0.15) is 11.5 Å². The van der Waals surface area contributed by atoms with E-state index in [2.05, 4.69) is 34.3 Å². The lowest BCUT2D eigenvalue weighted by molar-refractivity contribution is -0.136. The smallest absolute Gasteiger partial charge is 0.307 e. The van der Waals surface area contributed by atoms with Crippen LogP contribution in [0.4, 0.5) is 0 Å². The molecule has 0 atom stereocenters. The summed E-state index contributed by atoms with van der Waals surface area (Å²) in [6.07, 6.45) is 2.81. The molecule has 0 aromatic heterocycles. The monoisotopic (exact) mass is 426 g/mol. The van der Waals surface area contributed by atoms with Crippen LogP contribution in [0.2, 0.25) is 0 Å². The van der Waals surface area contributed by atoms with E-state index in [0.29, 0.717) is 5.75 Å². The van der Waals surface area contributed by atoms with Gasteiger partial charge < -0.3 is 14.6 Å². The minimum absolute atomic E-state index is 0.0109. The molecule has 0 saturated carbocycles. The Morgan fingerprint density at radius 3 is 1.42 bits per heavy atom. The topological polar surface area (TPSA) is 55.8 Å². The molecule has 0 aliphatic heterocycles. The third kappa shape index (κ3) is 5.49. The lowest BCUT2D eigenvalue weighted by Crippen LogP contribution is -2.08. The van der Waals surface area contributed by atoms with Gasteiger partial charge in [-0.05, 0) is 106 Å². The van der Waals surface area contributed by atoms with Crippen molar-refractivity contribution in [1.82, 2.24) is 0 Å². The highest BCUT2D eigenvalue weighted by Gasteiger charge is 2.17. The van der Waals surface area contributed by atoms with E-state index in [4.69, 9.17) is 14.6 Å². The molecule has 0 amide bonds. The molecule has 0 radical (unpaired) electrons. The molecule has 0 unspecified atom stereocenters. The van der Waals surface area contributed by atoms with Gasteiger partial charge in [0.05, 0.1) is 20.6 Å². The van der Waals surface area contributed by atoms with Crippen LogP contribution in [0.3, 0.4) is 0 Å². The number of carboxylic acid groups (broad SMARTS) is 1. The normalized spacial score (nSPS) is 10.3. The van der Waals surface area contributed by atoms with Crippen molar-refractivity contribution in [2.24, 2.45) is 0 Å². The number of rotatable bonds is 6. The summed E-state index contributed by atoms with van der Waals surface area (Å²) in [5.41, 5.74) is 11.7. The fraction of sp³-hybridized carbons (Fsp3) is 0.444. The highest BCUT2D eigenvalue weighted by atomic mass is 16.5. The van der Waals surface area contributed by atoms with Crippen LogP contribution in [-0.2, 0) is 17.6 Å². The highest BCUT2D eigenvalue weighted by Crippen LogP contribution is 2.34. The van der Waals surface area contributed by atoms with Crippen LogP contribution < -0.4 is 9.47 Å². The van der Waals surface area contributed by atoms with Crippen molar-refractivity contribution in [1.29, 1.82) is 0 Å². The molecule has 0 spiro atoms. The SMILES string of the molecule is C=CCc1c(C)c(C)c(C)c(C)c1OC.COc1c(C)c(C)c(C)c(C)c1CC(=O)O. The number of ether oxygens (including phenoxy) is 2. The largest absolute Gasteiger partial charge is 0.496 e. The number of carboxylic acids is 1. The molecule has 2 rings (SSSR count). The molecule has 0 fully saturated rings. The molecule has 31 heavy (non-hydrogen) atoms. The van der Waals surface area contributed by atoms with Crippen molar-refractivity contribution in [2.45, 2.75) is 68.2 Å². The van der Waals surface area contributed by atoms with Crippen molar-refractivity contribution < 1.29 is 19.4 Å². The maximum atomic E-state index is 10.8. The summed E-state index contributed by atoms with van der Waals surface area (Å²) in [5, 5.41) is 8.91. The van der Waals surface area contributed by atoms with Crippen molar-refractivity contribution in [2.75, 3.05) is 14.2 Å². The zero-order valence-corrected chi connectivity index (χ0v) is 20.9. The molecule has 4 heteroatoms. The highest BCUT2D eigenvalue weighted by molar-refractivity contribution is 5.73. The van der Waals surface area contributed by atoms with Gasteiger partial charge >= 0.3 is 5.97 Å². The fourth-order valence-electron chi connectivity index (χ4n) is 4.02. The predicted octanol–water partition coefficient (Wildman–Crippen LogP) is 6.21. The summed E-state index contributed by atoms with van der Waals surface area (Å²) in [7, 11) is 3.32. The molecule has 2 aromatic rings. The second-order valence-electron chi connectivity index (χ2n) is 8.09. The Kier molecular flexibility index (Phi) is 9.36. The maximum absolute atomic E-state index is 10.8. The van der Waals surface area contributed by atoms with Crippen LogP contribution in [-0.4, -0.2) is 25.3 Å². The van der Waals surface area contributed by atoms with Gasteiger partial charge in [-0.2, -0.15) is 0 Å². The third-order valence-corrected chi connectivity index (χ3v) is 6.59. The Balaban J connectivity index is 0.000000311. The summed E-state index contributed by atoms with van der Waals surface area (Å²) in [4.78, 5) is 10.8. The number of allylic oxidation sites excluding steroid dienone is 1. The van der Waals surface area contributed by atoms with E-state index in [1.165, 1.54) is 33.4 Å². The Morgan fingerprint density at radius 1 is 0.710 bits per heavy atom. The lowest BCUT2D eigenvalue weighted by Gasteiger charge is -2.18. The van der Waals surface area contributed by atoms with Crippen LogP contribution in [0.5, 0.6) is 11.5 Å². The molecular formula is C27H38O4. The van der Waals surface area contributed by atoms with E-state index >= 15 is 0 Å². The van der Waals surface area contributed by atoms with Crippen LogP contribution in [0.15, 0.2) is 12.7 Å². The number of hydrogen-bond donors (Lipinski definition) is 1. The average molecular weight is 427 g/mol. The molecule has 4 nitrogen and oxygen atoms in total. The zero-order chi connectivity index (χ0) is 24.0. The van der Waals surface area contributed by atoms with E-state index in [9.17, 15) is 4.79 Å². The molecule has 0 aliphatic rings. The first kappa shape index (κ1) is 26.3. The van der Waals surface area contributed by atoms with Crippen molar-refractivity contribution in [3.05, 3.63) is 68.3 Å². The first-order chi connectivity index (χ1) is 14.4. The van der Waals surface area contributed by atoms with Gasteiger partial charge in [0.25, 0.3) is 0 Å². The van der Waals surface area contributed by atoms with Crippen LogP contribution >= 0.6 is 0 Å². The minimum atomic E-state index is -0.830. The van der Waals surface area contributed by atoms with Crippen molar-refractivity contribution in [3.63, 3.8) is 0 Å². The van der Waals surface area contributed by atoms with Crippen LogP contribution in [0.1, 0.15) is 55.6 Å². The van der Waals surface area contributed by atoms with E-state index < -0.39 is 5.97 Å². The zero-order valence-electron chi connectivity index (χ0n) is 20.9. The third-order valence-electron chi connectivity index (χ3n) is 6.59. The molecule has 1 N–H and O–H groups in total. The average Bonchev–Trinajstić information content (AvgIpc) is 2.73. The van der Waals surface area contributed by atoms with Gasteiger partial charge in [-0.1, -0.05) is 6.08 Å². The number of carbonyl (C=O) groups is 1. The first-order valence-electron chi connectivity index (χ1n) is 10.5.